The molecule has 1 aliphatic carbocycles. The third kappa shape index (κ3) is 4.23. The minimum Gasteiger partial charge on any atom is -0.349 e. The van der Waals surface area contributed by atoms with Crippen LogP contribution in [0.4, 0.5) is 10.1 Å². The van der Waals surface area contributed by atoms with Gasteiger partial charge in [0.15, 0.2) is 0 Å². The summed E-state index contributed by atoms with van der Waals surface area (Å²) in [6.45, 7) is 0. The molecule has 0 unspecified atom stereocenters. The molecule has 136 valence electrons. The quantitative estimate of drug-likeness (QED) is 0.674. The molecule has 0 spiro atoms. The molecular formula is C21H17FN2O2S. The molecule has 0 atom stereocenters. The molecule has 0 saturated heterocycles. The van der Waals surface area contributed by atoms with Crippen molar-refractivity contribution in [3.8, 4) is 10.4 Å². The van der Waals surface area contributed by atoms with E-state index in [-0.39, 0.29) is 17.6 Å². The number of rotatable bonds is 5. The molecule has 1 aliphatic rings. The van der Waals surface area contributed by atoms with Crippen LogP contribution >= 0.6 is 11.3 Å². The van der Waals surface area contributed by atoms with Gasteiger partial charge in [-0.3, -0.25) is 9.59 Å². The zero-order chi connectivity index (χ0) is 18.8. The summed E-state index contributed by atoms with van der Waals surface area (Å²) in [5.41, 5.74) is 2.07. The summed E-state index contributed by atoms with van der Waals surface area (Å²) in [6.07, 6.45) is 2.08. The van der Waals surface area contributed by atoms with E-state index >= 15 is 0 Å². The minimum atomic E-state index is -0.289. The first kappa shape index (κ1) is 17.4. The molecule has 6 heteroatoms. The van der Waals surface area contributed by atoms with E-state index in [1.54, 1.807) is 42.5 Å². The fourth-order valence-corrected chi connectivity index (χ4v) is 3.53. The van der Waals surface area contributed by atoms with Crippen LogP contribution in [-0.2, 0) is 0 Å². The number of carbonyl (C=O) groups is 2. The Hall–Kier alpha value is -2.99. The molecule has 2 aromatic carbocycles. The van der Waals surface area contributed by atoms with Crippen LogP contribution < -0.4 is 10.6 Å². The third-order valence-electron chi connectivity index (χ3n) is 4.28. The Balaban J connectivity index is 1.41. The SMILES string of the molecule is O=C(NC1CC1)c1ccc(NC(=O)c2ccc(-c3ccc(F)cc3)s2)cc1. The minimum absolute atomic E-state index is 0.0856. The van der Waals surface area contributed by atoms with Gasteiger partial charge >= 0.3 is 0 Å². The van der Waals surface area contributed by atoms with Crippen molar-refractivity contribution in [2.24, 2.45) is 0 Å². The summed E-state index contributed by atoms with van der Waals surface area (Å²) in [6, 6.07) is 16.9. The Morgan fingerprint density at radius 2 is 1.59 bits per heavy atom. The second-order valence-electron chi connectivity index (χ2n) is 6.45. The average molecular weight is 380 g/mol. The van der Waals surface area contributed by atoms with Crippen LogP contribution in [0.1, 0.15) is 32.9 Å². The molecule has 1 aromatic heterocycles. The van der Waals surface area contributed by atoms with Gasteiger partial charge in [0.05, 0.1) is 4.88 Å². The number of hydrogen-bond acceptors (Lipinski definition) is 3. The first-order chi connectivity index (χ1) is 13.1. The Bertz CT molecular complexity index is 976. The van der Waals surface area contributed by atoms with Crippen molar-refractivity contribution >= 4 is 28.8 Å². The van der Waals surface area contributed by atoms with Gasteiger partial charge in [0.25, 0.3) is 11.8 Å². The zero-order valence-corrected chi connectivity index (χ0v) is 15.2. The van der Waals surface area contributed by atoms with E-state index in [0.717, 1.165) is 23.3 Å². The number of halogens is 1. The molecule has 1 heterocycles. The summed E-state index contributed by atoms with van der Waals surface area (Å²) in [7, 11) is 0. The summed E-state index contributed by atoms with van der Waals surface area (Å²) < 4.78 is 13.0. The molecule has 1 fully saturated rings. The van der Waals surface area contributed by atoms with Crippen molar-refractivity contribution in [2.75, 3.05) is 5.32 Å². The molecule has 27 heavy (non-hydrogen) atoms. The summed E-state index contributed by atoms with van der Waals surface area (Å²) >= 11 is 1.34. The van der Waals surface area contributed by atoms with Gasteiger partial charge in [-0.25, -0.2) is 4.39 Å². The predicted octanol–water partition coefficient (Wildman–Crippen LogP) is 4.70. The Labute approximate surface area is 160 Å². The largest absolute Gasteiger partial charge is 0.349 e. The lowest BCUT2D eigenvalue weighted by Crippen LogP contribution is -2.25. The zero-order valence-electron chi connectivity index (χ0n) is 14.4. The molecule has 4 rings (SSSR count). The second kappa shape index (κ2) is 7.32. The van der Waals surface area contributed by atoms with Crippen LogP contribution in [0.2, 0.25) is 0 Å². The van der Waals surface area contributed by atoms with E-state index < -0.39 is 0 Å². The molecular weight excluding hydrogens is 363 g/mol. The number of nitrogens with one attached hydrogen (secondary N) is 2. The first-order valence-corrected chi connectivity index (χ1v) is 9.48. The van der Waals surface area contributed by atoms with Crippen LogP contribution in [0.15, 0.2) is 60.7 Å². The highest BCUT2D eigenvalue weighted by Gasteiger charge is 2.23. The van der Waals surface area contributed by atoms with E-state index in [2.05, 4.69) is 10.6 Å². The molecule has 1 saturated carbocycles. The normalized spacial score (nSPS) is 13.2. The Morgan fingerprint density at radius 1 is 0.889 bits per heavy atom. The maximum atomic E-state index is 13.0. The standard InChI is InChI=1S/C21H17FN2O2S/c22-15-5-1-13(2-6-15)18-11-12-19(27-18)21(26)24-16-7-3-14(4-8-16)20(25)23-17-9-10-17/h1-8,11-12,17H,9-10H2,(H,23,25)(H,24,26). The van der Waals surface area contributed by atoms with Crippen molar-refractivity contribution in [3.63, 3.8) is 0 Å². The lowest BCUT2D eigenvalue weighted by atomic mass is 10.2. The van der Waals surface area contributed by atoms with Crippen LogP contribution in [-0.4, -0.2) is 17.9 Å². The van der Waals surface area contributed by atoms with Crippen molar-refractivity contribution in [1.82, 2.24) is 5.32 Å². The average Bonchev–Trinajstić information content (AvgIpc) is 3.34. The van der Waals surface area contributed by atoms with Gasteiger partial charge in [-0.05, 0) is 66.9 Å². The summed E-state index contributed by atoms with van der Waals surface area (Å²) in [5, 5.41) is 5.76. The first-order valence-electron chi connectivity index (χ1n) is 8.66. The molecule has 0 aliphatic heterocycles. The lowest BCUT2D eigenvalue weighted by Gasteiger charge is -2.06. The van der Waals surface area contributed by atoms with E-state index in [0.29, 0.717) is 22.2 Å². The lowest BCUT2D eigenvalue weighted by molar-refractivity contribution is 0.0950. The highest BCUT2D eigenvalue weighted by Crippen LogP contribution is 2.28. The molecule has 0 radical (unpaired) electrons. The number of anilines is 1. The van der Waals surface area contributed by atoms with Crippen LogP contribution in [0.25, 0.3) is 10.4 Å². The Morgan fingerprint density at radius 3 is 2.26 bits per heavy atom. The summed E-state index contributed by atoms with van der Waals surface area (Å²) in [5.74, 6) is -0.594. The fourth-order valence-electron chi connectivity index (χ4n) is 2.62. The highest BCUT2D eigenvalue weighted by atomic mass is 32.1. The van der Waals surface area contributed by atoms with Crippen molar-refractivity contribution in [2.45, 2.75) is 18.9 Å². The third-order valence-corrected chi connectivity index (χ3v) is 5.41. The van der Waals surface area contributed by atoms with Gasteiger partial charge in [0.2, 0.25) is 0 Å². The van der Waals surface area contributed by atoms with Crippen molar-refractivity contribution in [1.29, 1.82) is 0 Å². The van der Waals surface area contributed by atoms with Gasteiger partial charge in [-0.2, -0.15) is 0 Å². The van der Waals surface area contributed by atoms with E-state index in [9.17, 15) is 14.0 Å². The van der Waals surface area contributed by atoms with Gasteiger partial charge in [0.1, 0.15) is 5.82 Å². The van der Waals surface area contributed by atoms with Gasteiger partial charge in [-0.1, -0.05) is 12.1 Å². The predicted molar refractivity (Wildman–Crippen MR) is 105 cm³/mol. The fraction of sp³-hybridized carbons (Fsp3) is 0.143. The van der Waals surface area contributed by atoms with Gasteiger partial charge in [0, 0.05) is 22.2 Å². The number of benzene rings is 2. The van der Waals surface area contributed by atoms with E-state index in [1.165, 1.54) is 23.5 Å². The molecule has 2 N–H and O–H groups in total. The highest BCUT2D eigenvalue weighted by molar-refractivity contribution is 7.17. The molecule has 2 amide bonds. The van der Waals surface area contributed by atoms with Crippen LogP contribution in [0.5, 0.6) is 0 Å². The van der Waals surface area contributed by atoms with Crippen LogP contribution in [0, 0.1) is 5.82 Å². The molecule has 0 bridgehead atoms. The maximum absolute atomic E-state index is 13.0. The van der Waals surface area contributed by atoms with Gasteiger partial charge in [-0.15, -0.1) is 11.3 Å². The number of carbonyl (C=O) groups excluding carboxylic acids is 2. The number of hydrogen-bond donors (Lipinski definition) is 2. The monoisotopic (exact) mass is 380 g/mol. The number of thiophene rings is 1. The molecule has 3 aromatic rings. The van der Waals surface area contributed by atoms with Gasteiger partial charge < -0.3 is 10.6 Å². The Kier molecular flexibility index (Phi) is 4.73. The molecule has 4 nitrogen and oxygen atoms in total. The van der Waals surface area contributed by atoms with Crippen molar-refractivity contribution in [3.05, 3.63) is 76.9 Å². The summed E-state index contributed by atoms with van der Waals surface area (Å²) in [4.78, 5) is 25.9. The topological polar surface area (TPSA) is 58.2 Å². The van der Waals surface area contributed by atoms with E-state index in [4.69, 9.17) is 0 Å². The van der Waals surface area contributed by atoms with E-state index in [1.807, 2.05) is 6.07 Å². The van der Waals surface area contributed by atoms with Crippen molar-refractivity contribution < 1.29 is 14.0 Å². The smallest absolute Gasteiger partial charge is 0.265 e. The maximum Gasteiger partial charge on any atom is 0.265 e. The number of amides is 2. The second-order valence-corrected chi connectivity index (χ2v) is 7.53. The van der Waals surface area contributed by atoms with Crippen LogP contribution in [0.3, 0.4) is 0 Å².